The second-order valence-electron chi connectivity index (χ2n) is 4.39. The van der Waals surface area contributed by atoms with Gasteiger partial charge in [-0.1, -0.05) is 12.1 Å². The molecule has 0 saturated carbocycles. The summed E-state index contributed by atoms with van der Waals surface area (Å²) in [5.74, 6) is -0.419. The molecular weight excluding hydrogens is 227 g/mol. The highest BCUT2D eigenvalue weighted by molar-refractivity contribution is 5.26. The van der Waals surface area contributed by atoms with Crippen molar-refractivity contribution in [1.82, 2.24) is 0 Å². The van der Waals surface area contributed by atoms with Crippen LogP contribution in [0.15, 0.2) is 24.3 Å². The average Bonchev–Trinajstić information content (AvgIpc) is 2.58. The van der Waals surface area contributed by atoms with Crippen molar-refractivity contribution in [3.63, 3.8) is 0 Å². The largest absolute Gasteiger partial charge is 0.391 e. The first-order valence-corrected chi connectivity index (χ1v) is 5.41. The summed E-state index contributed by atoms with van der Waals surface area (Å²) in [6, 6.07) is 5.20. The molecule has 1 aliphatic heterocycles. The van der Waals surface area contributed by atoms with E-state index in [2.05, 4.69) is 0 Å². The van der Waals surface area contributed by atoms with E-state index < -0.39 is 29.7 Å². The lowest BCUT2D eigenvalue weighted by molar-refractivity contribution is -0.0721. The predicted octanol–water partition coefficient (Wildman–Crippen LogP) is 0.154. The normalized spacial score (nSPS) is 34.9. The Balaban J connectivity index is 2.28. The molecule has 0 bridgehead atoms. The molecule has 1 saturated heterocycles. The van der Waals surface area contributed by atoms with Crippen molar-refractivity contribution in [2.24, 2.45) is 0 Å². The van der Waals surface area contributed by atoms with Gasteiger partial charge in [-0.05, 0) is 24.6 Å². The van der Waals surface area contributed by atoms with Gasteiger partial charge in [0.05, 0.1) is 12.7 Å². The van der Waals surface area contributed by atoms with Crippen LogP contribution in [0.2, 0.25) is 0 Å². The molecular formula is C12H15FO4. The highest BCUT2D eigenvalue weighted by Crippen LogP contribution is 2.35. The minimum absolute atomic E-state index is 0.130. The smallest absolute Gasteiger partial charge is 0.141 e. The van der Waals surface area contributed by atoms with Gasteiger partial charge in [0.2, 0.25) is 0 Å². The third-order valence-electron chi connectivity index (χ3n) is 3.12. The van der Waals surface area contributed by atoms with Crippen LogP contribution in [0.3, 0.4) is 0 Å². The van der Waals surface area contributed by atoms with Crippen LogP contribution >= 0.6 is 0 Å². The lowest BCUT2D eigenvalue weighted by Gasteiger charge is -2.27. The van der Waals surface area contributed by atoms with Crippen molar-refractivity contribution in [1.29, 1.82) is 0 Å². The van der Waals surface area contributed by atoms with Crippen LogP contribution in [-0.2, 0) is 10.3 Å². The molecule has 5 heteroatoms. The zero-order chi connectivity index (χ0) is 12.6. The van der Waals surface area contributed by atoms with Crippen LogP contribution < -0.4 is 0 Å². The summed E-state index contributed by atoms with van der Waals surface area (Å²) in [5, 5.41) is 29.7. The number of halogens is 1. The molecule has 1 fully saturated rings. The van der Waals surface area contributed by atoms with Crippen molar-refractivity contribution in [2.45, 2.75) is 30.8 Å². The quantitative estimate of drug-likeness (QED) is 0.690. The third kappa shape index (κ3) is 2.07. The lowest BCUT2D eigenvalue weighted by atomic mass is 9.87. The van der Waals surface area contributed by atoms with E-state index in [1.165, 1.54) is 31.2 Å². The Hall–Kier alpha value is -1.01. The number of hydrogen-bond donors (Lipinski definition) is 3. The SMILES string of the molecule is CC(O)[C@H]1OC[C@@](O)(c2ccc(F)cc2)[C@@H]1O. The molecule has 0 amide bonds. The van der Waals surface area contributed by atoms with Gasteiger partial charge in [-0.3, -0.25) is 0 Å². The topological polar surface area (TPSA) is 69.9 Å². The molecule has 0 aliphatic carbocycles. The van der Waals surface area contributed by atoms with Gasteiger partial charge in [-0.15, -0.1) is 0 Å². The van der Waals surface area contributed by atoms with Crippen molar-refractivity contribution >= 4 is 0 Å². The van der Waals surface area contributed by atoms with E-state index in [0.717, 1.165) is 0 Å². The van der Waals surface area contributed by atoms with E-state index in [-0.39, 0.29) is 6.61 Å². The maximum Gasteiger partial charge on any atom is 0.141 e. The number of hydrogen-bond acceptors (Lipinski definition) is 4. The molecule has 1 heterocycles. The maximum absolute atomic E-state index is 12.8. The highest BCUT2D eigenvalue weighted by atomic mass is 19.1. The summed E-state index contributed by atoms with van der Waals surface area (Å²) in [5.41, 5.74) is -1.23. The van der Waals surface area contributed by atoms with E-state index in [1.807, 2.05) is 0 Å². The second-order valence-corrected chi connectivity index (χ2v) is 4.39. The van der Waals surface area contributed by atoms with E-state index in [0.29, 0.717) is 5.56 Å². The summed E-state index contributed by atoms with van der Waals surface area (Å²) in [6.45, 7) is 1.35. The Kier molecular flexibility index (Phi) is 3.18. The van der Waals surface area contributed by atoms with E-state index >= 15 is 0 Å². The van der Waals surface area contributed by atoms with Crippen LogP contribution in [0.5, 0.6) is 0 Å². The fourth-order valence-corrected chi connectivity index (χ4v) is 2.07. The fourth-order valence-electron chi connectivity index (χ4n) is 2.07. The number of aliphatic hydroxyl groups is 3. The molecule has 1 aromatic rings. The molecule has 4 nitrogen and oxygen atoms in total. The van der Waals surface area contributed by atoms with Crippen molar-refractivity contribution < 1.29 is 24.4 Å². The molecule has 0 aromatic heterocycles. The number of benzene rings is 1. The minimum Gasteiger partial charge on any atom is -0.391 e. The first-order chi connectivity index (χ1) is 7.95. The minimum atomic E-state index is -1.60. The van der Waals surface area contributed by atoms with E-state index in [9.17, 15) is 19.7 Å². The monoisotopic (exact) mass is 242 g/mol. The van der Waals surface area contributed by atoms with Crippen LogP contribution in [0.25, 0.3) is 0 Å². The number of aliphatic hydroxyl groups excluding tert-OH is 2. The first-order valence-electron chi connectivity index (χ1n) is 5.41. The van der Waals surface area contributed by atoms with Crippen molar-refractivity contribution in [2.75, 3.05) is 6.61 Å². The second kappa shape index (κ2) is 4.34. The first kappa shape index (κ1) is 12.4. The summed E-state index contributed by atoms with van der Waals surface area (Å²) < 4.78 is 18.0. The Morgan fingerprint density at radius 2 is 2.00 bits per heavy atom. The van der Waals surface area contributed by atoms with Gasteiger partial charge in [-0.2, -0.15) is 0 Å². The molecule has 4 atom stereocenters. The molecule has 0 spiro atoms. The molecule has 94 valence electrons. The maximum atomic E-state index is 12.8. The molecule has 3 N–H and O–H groups in total. The van der Waals surface area contributed by atoms with Gasteiger partial charge in [0.15, 0.2) is 0 Å². The lowest BCUT2D eigenvalue weighted by Crippen LogP contribution is -2.44. The highest BCUT2D eigenvalue weighted by Gasteiger charge is 2.50. The van der Waals surface area contributed by atoms with Gasteiger partial charge in [0.1, 0.15) is 23.6 Å². The standard InChI is InChI=1S/C12H15FO4/c1-7(14)10-11(15)12(16,6-17-10)8-2-4-9(13)5-3-8/h2-5,7,10-11,14-16H,6H2,1H3/t7?,10-,11-,12-/m1/s1. The molecule has 1 aliphatic rings. The Morgan fingerprint density at radius 1 is 1.41 bits per heavy atom. The van der Waals surface area contributed by atoms with Gasteiger partial charge < -0.3 is 20.1 Å². The molecule has 17 heavy (non-hydrogen) atoms. The van der Waals surface area contributed by atoms with Gasteiger partial charge >= 0.3 is 0 Å². The third-order valence-corrected chi connectivity index (χ3v) is 3.12. The summed E-state index contributed by atoms with van der Waals surface area (Å²) in [4.78, 5) is 0. The van der Waals surface area contributed by atoms with Crippen molar-refractivity contribution in [3.8, 4) is 0 Å². The zero-order valence-electron chi connectivity index (χ0n) is 9.38. The Labute approximate surface area is 98.3 Å². The van der Waals surface area contributed by atoms with Crippen LogP contribution in [0.4, 0.5) is 4.39 Å². The number of rotatable bonds is 2. The predicted molar refractivity (Wildman–Crippen MR) is 57.7 cm³/mol. The zero-order valence-corrected chi connectivity index (χ0v) is 9.38. The van der Waals surface area contributed by atoms with Gasteiger partial charge in [0, 0.05) is 0 Å². The molecule has 0 radical (unpaired) electrons. The van der Waals surface area contributed by atoms with E-state index in [1.54, 1.807) is 0 Å². The average molecular weight is 242 g/mol. The summed E-state index contributed by atoms with van der Waals surface area (Å²) >= 11 is 0. The summed E-state index contributed by atoms with van der Waals surface area (Å²) in [7, 11) is 0. The van der Waals surface area contributed by atoms with Crippen LogP contribution in [0, 0.1) is 5.82 Å². The molecule has 2 rings (SSSR count). The van der Waals surface area contributed by atoms with Gasteiger partial charge in [0.25, 0.3) is 0 Å². The molecule has 1 unspecified atom stereocenters. The number of ether oxygens (including phenoxy) is 1. The Morgan fingerprint density at radius 3 is 2.47 bits per heavy atom. The van der Waals surface area contributed by atoms with Crippen LogP contribution in [-0.4, -0.2) is 40.2 Å². The van der Waals surface area contributed by atoms with Gasteiger partial charge in [-0.25, -0.2) is 4.39 Å². The van der Waals surface area contributed by atoms with E-state index in [4.69, 9.17) is 4.74 Å². The van der Waals surface area contributed by atoms with Crippen molar-refractivity contribution in [3.05, 3.63) is 35.6 Å². The molecule has 1 aromatic carbocycles. The fraction of sp³-hybridized carbons (Fsp3) is 0.500. The summed E-state index contributed by atoms with van der Waals surface area (Å²) in [6.07, 6.45) is -2.97. The van der Waals surface area contributed by atoms with Crippen LogP contribution in [0.1, 0.15) is 12.5 Å². The Bertz CT molecular complexity index is 392.